The number of phenols is 1. The van der Waals surface area contributed by atoms with Gasteiger partial charge in [-0.1, -0.05) is 47.6 Å². The van der Waals surface area contributed by atoms with Crippen LogP contribution in [0.4, 0.5) is 0 Å². The molecule has 0 saturated carbocycles. The summed E-state index contributed by atoms with van der Waals surface area (Å²) in [6.07, 6.45) is 0. The van der Waals surface area contributed by atoms with Crippen LogP contribution < -0.4 is 0 Å². The molecule has 2 heteroatoms. The molecule has 18 heavy (non-hydrogen) atoms. The fraction of sp³-hybridized carbons (Fsp3) is 0.625. The summed E-state index contributed by atoms with van der Waals surface area (Å²) in [7, 11) is 0. The second-order valence-corrected chi connectivity index (χ2v) is 6.68. The average Bonchev–Trinajstić information content (AvgIpc) is 2.21. The van der Waals surface area contributed by atoms with E-state index in [2.05, 4.69) is 70.8 Å². The molecule has 0 aliphatic heterocycles. The fourth-order valence-electron chi connectivity index (χ4n) is 2.11. The molecule has 0 bridgehead atoms. The van der Waals surface area contributed by atoms with Gasteiger partial charge >= 0.3 is 0 Å². The lowest BCUT2D eigenvalue weighted by Gasteiger charge is -2.26. The summed E-state index contributed by atoms with van der Waals surface area (Å²) >= 11 is 2.42. The molecule has 0 amide bonds. The van der Waals surface area contributed by atoms with Crippen LogP contribution in [-0.2, 0) is 10.8 Å². The Morgan fingerprint density at radius 1 is 0.833 bits per heavy atom. The van der Waals surface area contributed by atoms with Gasteiger partial charge in [0.15, 0.2) is 0 Å². The number of hydrogen-bond donors (Lipinski definition) is 1. The largest absolute Gasteiger partial charge is 0.508 e. The first-order valence-electron chi connectivity index (χ1n) is 6.46. The molecular formula is C16H27AlO. The smallest absolute Gasteiger partial charge is 0.119 e. The van der Waals surface area contributed by atoms with Gasteiger partial charge in [-0.05, 0) is 40.5 Å². The maximum atomic E-state index is 10.1. The Balaban J connectivity index is 0.00000137. The van der Waals surface area contributed by atoms with Gasteiger partial charge in [-0.15, -0.1) is 5.79 Å². The monoisotopic (exact) mass is 262 g/mol. The molecule has 0 fully saturated rings. The van der Waals surface area contributed by atoms with Gasteiger partial charge in [0.05, 0.1) is 0 Å². The van der Waals surface area contributed by atoms with Gasteiger partial charge in [-0.2, -0.15) is 0 Å². The molecule has 0 saturated heterocycles. The van der Waals surface area contributed by atoms with E-state index in [4.69, 9.17) is 0 Å². The topological polar surface area (TPSA) is 20.2 Å². The van der Waals surface area contributed by atoms with E-state index in [1.807, 2.05) is 11.9 Å². The predicted molar refractivity (Wildman–Crippen MR) is 81.9 cm³/mol. The quantitative estimate of drug-likeness (QED) is 0.683. The van der Waals surface area contributed by atoms with Crippen LogP contribution in [0.3, 0.4) is 0 Å². The number of rotatable bonds is 0. The molecule has 0 heterocycles. The first kappa shape index (κ1) is 17.6. The van der Waals surface area contributed by atoms with Crippen LogP contribution in [-0.4, -0.2) is 21.4 Å². The average molecular weight is 262 g/mol. The minimum Gasteiger partial charge on any atom is -0.508 e. The highest BCUT2D eigenvalue weighted by Crippen LogP contribution is 2.36. The van der Waals surface area contributed by atoms with Crippen molar-refractivity contribution in [1.82, 2.24) is 0 Å². The van der Waals surface area contributed by atoms with Crippen LogP contribution in [0, 0.1) is 6.92 Å². The molecule has 2 radical (unpaired) electrons. The Morgan fingerprint density at radius 2 is 1.22 bits per heavy atom. The van der Waals surface area contributed by atoms with E-state index >= 15 is 0 Å². The van der Waals surface area contributed by atoms with Gasteiger partial charge in [-0.25, -0.2) is 0 Å². The minimum atomic E-state index is -0.00867. The lowest BCUT2D eigenvalue weighted by atomic mass is 9.79. The maximum Gasteiger partial charge on any atom is 0.119 e. The molecule has 1 rings (SSSR count). The molecule has 0 aliphatic rings. The molecule has 0 spiro atoms. The molecule has 1 nitrogen and oxygen atoms in total. The van der Waals surface area contributed by atoms with Crippen LogP contribution >= 0.6 is 0 Å². The maximum absolute atomic E-state index is 10.1. The zero-order valence-corrected chi connectivity index (χ0v) is 14.3. The number of benzene rings is 1. The van der Waals surface area contributed by atoms with Gasteiger partial charge in [0.2, 0.25) is 0 Å². The zero-order chi connectivity index (χ0) is 14.7. The molecule has 100 valence electrons. The molecule has 0 aromatic heterocycles. The van der Waals surface area contributed by atoms with E-state index < -0.39 is 0 Å². The van der Waals surface area contributed by atoms with Crippen molar-refractivity contribution >= 4 is 16.3 Å². The van der Waals surface area contributed by atoms with Crippen molar-refractivity contribution in [3.05, 3.63) is 28.8 Å². The lowest BCUT2D eigenvalue weighted by molar-refractivity contribution is 0.442. The van der Waals surface area contributed by atoms with Gasteiger partial charge in [0, 0.05) is 0 Å². The normalized spacial score (nSPS) is 11.8. The molecule has 1 aromatic carbocycles. The van der Waals surface area contributed by atoms with Crippen LogP contribution in [0.15, 0.2) is 12.1 Å². The Kier molecular flexibility index (Phi) is 5.98. The Bertz CT molecular complexity index is 355. The minimum absolute atomic E-state index is 0.00867. The van der Waals surface area contributed by atoms with E-state index in [9.17, 15) is 5.11 Å². The molecule has 1 N–H and O–H groups in total. The Labute approximate surface area is 121 Å². The summed E-state index contributed by atoms with van der Waals surface area (Å²) < 4.78 is 0. The SMILES string of the molecule is Cc1cc(C(C)(C)C)c(O)cc1C(C)(C)C.[CH3][Al]. The highest BCUT2D eigenvalue weighted by molar-refractivity contribution is 6.05. The third-order valence-corrected chi connectivity index (χ3v) is 2.96. The summed E-state index contributed by atoms with van der Waals surface area (Å²) in [5.74, 6) is 2.34. The van der Waals surface area contributed by atoms with E-state index in [1.165, 1.54) is 11.1 Å². The summed E-state index contributed by atoms with van der Waals surface area (Å²) in [4.78, 5) is 0. The zero-order valence-electron chi connectivity index (χ0n) is 13.2. The summed E-state index contributed by atoms with van der Waals surface area (Å²) in [6.45, 7) is 15.0. The van der Waals surface area contributed by atoms with E-state index in [1.54, 1.807) is 0 Å². The van der Waals surface area contributed by atoms with Crippen molar-refractivity contribution in [3.63, 3.8) is 0 Å². The van der Waals surface area contributed by atoms with Gasteiger partial charge < -0.3 is 5.11 Å². The molecule has 0 atom stereocenters. The van der Waals surface area contributed by atoms with Crippen molar-refractivity contribution < 1.29 is 5.11 Å². The third-order valence-electron chi connectivity index (χ3n) is 2.96. The summed E-state index contributed by atoms with van der Waals surface area (Å²) in [6, 6.07) is 4.05. The van der Waals surface area contributed by atoms with Crippen molar-refractivity contribution in [2.24, 2.45) is 0 Å². The van der Waals surface area contributed by atoms with Crippen LogP contribution in [0.1, 0.15) is 58.2 Å². The van der Waals surface area contributed by atoms with Crippen molar-refractivity contribution in [2.75, 3.05) is 0 Å². The third kappa shape index (κ3) is 4.34. The van der Waals surface area contributed by atoms with Gasteiger partial charge in [0.25, 0.3) is 0 Å². The molecule has 1 aromatic rings. The predicted octanol–water partition coefficient (Wildman–Crippen LogP) is 4.50. The van der Waals surface area contributed by atoms with Crippen molar-refractivity contribution in [1.29, 1.82) is 0 Å². The Morgan fingerprint density at radius 3 is 1.56 bits per heavy atom. The van der Waals surface area contributed by atoms with Crippen LogP contribution in [0.5, 0.6) is 5.75 Å². The first-order chi connectivity index (χ1) is 8.03. The molecule has 0 aliphatic carbocycles. The van der Waals surface area contributed by atoms with Gasteiger partial charge in [-0.3, -0.25) is 0 Å². The molecule has 0 unspecified atom stereocenters. The van der Waals surface area contributed by atoms with E-state index in [-0.39, 0.29) is 10.8 Å². The highest BCUT2D eigenvalue weighted by atomic mass is 27.0. The summed E-state index contributed by atoms with van der Waals surface area (Å²) in [5, 5.41) is 10.1. The van der Waals surface area contributed by atoms with E-state index in [0.717, 1.165) is 5.56 Å². The van der Waals surface area contributed by atoms with Crippen LogP contribution in [0.2, 0.25) is 5.79 Å². The molecular weight excluding hydrogens is 235 g/mol. The van der Waals surface area contributed by atoms with E-state index in [0.29, 0.717) is 5.75 Å². The summed E-state index contributed by atoms with van der Waals surface area (Å²) in [5.41, 5.74) is 3.58. The van der Waals surface area contributed by atoms with Crippen molar-refractivity contribution in [2.45, 2.75) is 65.1 Å². The number of phenolic OH excluding ortho intramolecular Hbond substituents is 1. The van der Waals surface area contributed by atoms with Crippen molar-refractivity contribution in [3.8, 4) is 5.75 Å². The van der Waals surface area contributed by atoms with Crippen LogP contribution in [0.25, 0.3) is 0 Å². The second-order valence-electron chi connectivity index (χ2n) is 6.68. The standard InChI is InChI=1S/C15H24O.CH3.Al/c1-10-8-12(15(5,6)7)13(16)9-11(10)14(2,3)4;;/h8-9,16H,1-7H3;1H3;. The van der Waals surface area contributed by atoms with Gasteiger partial charge in [0.1, 0.15) is 22.0 Å². The number of hydrogen-bond acceptors (Lipinski definition) is 1. The Hall–Kier alpha value is -0.448. The lowest BCUT2D eigenvalue weighted by Crippen LogP contribution is -2.16. The second kappa shape index (κ2) is 6.13. The first-order valence-corrected chi connectivity index (χ1v) is 7.61. The number of aromatic hydroxyl groups is 1. The fourth-order valence-corrected chi connectivity index (χ4v) is 2.11. The number of aryl methyl sites for hydroxylation is 1. The highest BCUT2D eigenvalue weighted by Gasteiger charge is 2.23.